The summed E-state index contributed by atoms with van der Waals surface area (Å²) < 4.78 is 1.75. The van der Waals surface area contributed by atoms with Gasteiger partial charge in [0.2, 0.25) is 0 Å². The molecule has 4 rings (SSSR count). The molecule has 0 fully saturated rings. The highest BCUT2D eigenvalue weighted by atomic mass is 32.2. The molecule has 0 saturated carbocycles. The van der Waals surface area contributed by atoms with Crippen molar-refractivity contribution in [3.05, 3.63) is 95.4 Å². The van der Waals surface area contributed by atoms with E-state index in [1.165, 1.54) is 0 Å². The Morgan fingerprint density at radius 2 is 2.00 bits per heavy atom. The summed E-state index contributed by atoms with van der Waals surface area (Å²) in [5.74, 6) is 6.97. The molecule has 2 N–H and O–H groups in total. The predicted molar refractivity (Wildman–Crippen MR) is 122 cm³/mol. The second kappa shape index (κ2) is 9.83. The van der Waals surface area contributed by atoms with Crippen LogP contribution in [0.4, 0.5) is 0 Å². The second-order valence-corrected chi connectivity index (χ2v) is 7.91. The van der Waals surface area contributed by atoms with Gasteiger partial charge in [0.25, 0.3) is 5.91 Å². The number of aromatic amines is 1. The Bertz CT molecular complexity index is 1220. The topological polar surface area (TPSA) is 75.6 Å². The van der Waals surface area contributed by atoms with Gasteiger partial charge in [-0.1, -0.05) is 30.0 Å². The Hall–Kier alpha value is -3.76. The first kappa shape index (κ1) is 20.5. The number of carbonyl (C=O) groups is 1. The molecule has 2 aromatic carbocycles. The van der Waals surface area contributed by atoms with Crippen molar-refractivity contribution < 1.29 is 4.79 Å². The quantitative estimate of drug-likeness (QED) is 0.279. The van der Waals surface area contributed by atoms with Gasteiger partial charge in [0.05, 0.1) is 11.3 Å². The normalized spacial score (nSPS) is 10.4. The Morgan fingerprint density at radius 1 is 1.13 bits per heavy atom. The van der Waals surface area contributed by atoms with E-state index in [0.29, 0.717) is 12.1 Å². The fourth-order valence-electron chi connectivity index (χ4n) is 2.94. The van der Waals surface area contributed by atoms with Crippen molar-refractivity contribution >= 4 is 17.7 Å². The number of rotatable bonds is 6. The minimum atomic E-state index is -0.131. The molecule has 154 valence electrons. The third-order valence-electron chi connectivity index (χ3n) is 4.45. The molecule has 0 atom stereocenters. The van der Waals surface area contributed by atoms with Gasteiger partial charge < -0.3 is 5.32 Å². The fraction of sp³-hybridized carbons (Fsp3) is 0.125. The molecule has 0 saturated heterocycles. The minimum Gasteiger partial charge on any atom is -0.351 e. The number of thioether (sulfide) groups is 1. The number of hydrogen-bond donors (Lipinski definition) is 2. The summed E-state index contributed by atoms with van der Waals surface area (Å²) in [7, 11) is 0. The first-order chi connectivity index (χ1) is 15.2. The molecular weight excluding hydrogens is 406 g/mol. The van der Waals surface area contributed by atoms with E-state index < -0.39 is 0 Å². The monoisotopic (exact) mass is 427 g/mol. The van der Waals surface area contributed by atoms with Crippen LogP contribution in [-0.2, 0) is 0 Å². The number of nitrogens with zero attached hydrogens (tertiary/aromatic N) is 3. The zero-order valence-electron chi connectivity index (χ0n) is 17.0. The van der Waals surface area contributed by atoms with Crippen molar-refractivity contribution in [2.45, 2.75) is 11.9 Å². The SMILES string of the molecule is Cc1cc(SCCNC(=O)c2ccc(-n3cccn3)c(C#Cc3ccccc3)c2)n[nH]1. The average Bonchev–Trinajstić information content (AvgIpc) is 3.47. The number of nitrogens with one attached hydrogen (secondary N) is 2. The molecule has 1 amide bonds. The Morgan fingerprint density at radius 3 is 2.74 bits per heavy atom. The Labute approximate surface area is 185 Å². The summed E-state index contributed by atoms with van der Waals surface area (Å²) in [5, 5.41) is 15.3. The van der Waals surface area contributed by atoms with E-state index in [2.05, 4.69) is 32.5 Å². The molecule has 2 heterocycles. The van der Waals surface area contributed by atoms with Crippen LogP contribution < -0.4 is 5.32 Å². The number of benzene rings is 2. The number of amides is 1. The van der Waals surface area contributed by atoms with Gasteiger partial charge in [-0.05, 0) is 49.4 Å². The lowest BCUT2D eigenvalue weighted by Crippen LogP contribution is -2.25. The number of aryl methyl sites for hydroxylation is 1. The zero-order valence-corrected chi connectivity index (χ0v) is 17.8. The van der Waals surface area contributed by atoms with Gasteiger partial charge in [-0.2, -0.15) is 10.2 Å². The van der Waals surface area contributed by atoms with Gasteiger partial charge in [-0.25, -0.2) is 4.68 Å². The van der Waals surface area contributed by atoms with Crippen molar-refractivity contribution in [3.8, 4) is 17.5 Å². The maximum Gasteiger partial charge on any atom is 0.251 e. The maximum absolute atomic E-state index is 12.7. The van der Waals surface area contributed by atoms with Gasteiger partial charge in [0.15, 0.2) is 0 Å². The van der Waals surface area contributed by atoms with E-state index in [4.69, 9.17) is 0 Å². The van der Waals surface area contributed by atoms with Gasteiger partial charge in [-0.15, -0.1) is 11.8 Å². The lowest BCUT2D eigenvalue weighted by molar-refractivity contribution is 0.0956. The van der Waals surface area contributed by atoms with Crippen molar-refractivity contribution in [2.24, 2.45) is 0 Å². The summed E-state index contributed by atoms with van der Waals surface area (Å²) in [6.45, 7) is 2.51. The van der Waals surface area contributed by atoms with Crippen molar-refractivity contribution in [1.82, 2.24) is 25.3 Å². The summed E-state index contributed by atoms with van der Waals surface area (Å²) >= 11 is 1.60. The highest BCUT2D eigenvalue weighted by Crippen LogP contribution is 2.17. The number of carbonyl (C=O) groups excluding carboxylic acids is 1. The molecule has 7 heteroatoms. The van der Waals surface area contributed by atoms with Crippen LogP contribution >= 0.6 is 11.8 Å². The largest absolute Gasteiger partial charge is 0.351 e. The highest BCUT2D eigenvalue weighted by Gasteiger charge is 2.10. The third kappa shape index (κ3) is 5.44. The molecular formula is C24H21N5OS. The second-order valence-electron chi connectivity index (χ2n) is 6.79. The van der Waals surface area contributed by atoms with Crippen molar-refractivity contribution in [3.63, 3.8) is 0 Å². The smallest absolute Gasteiger partial charge is 0.251 e. The first-order valence-corrected chi connectivity index (χ1v) is 10.8. The van der Waals surface area contributed by atoms with E-state index in [1.807, 2.05) is 67.7 Å². The van der Waals surface area contributed by atoms with E-state index in [-0.39, 0.29) is 5.91 Å². The Balaban J connectivity index is 1.49. The molecule has 0 spiro atoms. The van der Waals surface area contributed by atoms with Crippen LogP contribution in [0.2, 0.25) is 0 Å². The fourth-order valence-corrected chi connectivity index (χ4v) is 3.72. The van der Waals surface area contributed by atoms with Crippen LogP contribution in [-0.4, -0.2) is 38.2 Å². The van der Waals surface area contributed by atoms with Gasteiger partial charge in [-0.3, -0.25) is 9.89 Å². The molecule has 0 unspecified atom stereocenters. The maximum atomic E-state index is 12.7. The van der Waals surface area contributed by atoms with Crippen LogP contribution in [0.3, 0.4) is 0 Å². The van der Waals surface area contributed by atoms with Crippen LogP contribution in [0, 0.1) is 18.8 Å². The van der Waals surface area contributed by atoms with Crippen molar-refractivity contribution in [2.75, 3.05) is 12.3 Å². The number of H-pyrrole nitrogens is 1. The molecule has 0 bridgehead atoms. The lowest BCUT2D eigenvalue weighted by atomic mass is 10.1. The van der Waals surface area contributed by atoms with Gasteiger partial charge in [0, 0.05) is 41.5 Å². The van der Waals surface area contributed by atoms with Crippen molar-refractivity contribution in [1.29, 1.82) is 0 Å². The lowest BCUT2D eigenvalue weighted by Gasteiger charge is -2.09. The average molecular weight is 428 g/mol. The number of aromatic nitrogens is 4. The van der Waals surface area contributed by atoms with Crippen LogP contribution in [0.25, 0.3) is 5.69 Å². The standard InChI is InChI=1S/C24H21N5OS/c1-18-16-23(28-27-18)31-15-13-25-24(30)21-10-11-22(29-14-5-12-26-29)20(17-21)9-8-19-6-3-2-4-7-19/h2-7,10-12,14,16-17H,13,15H2,1H3,(H,25,30)(H,27,28). The first-order valence-electron chi connectivity index (χ1n) is 9.83. The summed E-state index contributed by atoms with van der Waals surface area (Å²) in [4.78, 5) is 12.7. The molecule has 0 aliphatic rings. The van der Waals surface area contributed by atoms with Crippen LogP contribution in [0.15, 0.2) is 78.1 Å². The molecule has 2 aromatic heterocycles. The third-order valence-corrected chi connectivity index (χ3v) is 5.36. The molecule has 4 aromatic rings. The molecule has 6 nitrogen and oxygen atoms in total. The number of hydrogen-bond acceptors (Lipinski definition) is 4. The van der Waals surface area contributed by atoms with Crippen LogP contribution in [0.5, 0.6) is 0 Å². The van der Waals surface area contributed by atoms with Gasteiger partial charge >= 0.3 is 0 Å². The van der Waals surface area contributed by atoms with E-state index >= 15 is 0 Å². The summed E-state index contributed by atoms with van der Waals surface area (Å²) in [6, 6.07) is 19.1. The Kier molecular flexibility index (Phi) is 6.50. The van der Waals surface area contributed by atoms with Gasteiger partial charge in [0.1, 0.15) is 5.03 Å². The van der Waals surface area contributed by atoms with E-state index in [9.17, 15) is 4.79 Å². The predicted octanol–water partition coefficient (Wildman–Crippen LogP) is 3.83. The van der Waals surface area contributed by atoms with Crippen LogP contribution in [0.1, 0.15) is 27.2 Å². The summed E-state index contributed by atoms with van der Waals surface area (Å²) in [5.41, 5.74) is 4.06. The highest BCUT2D eigenvalue weighted by molar-refractivity contribution is 7.99. The molecule has 0 aliphatic carbocycles. The molecule has 0 radical (unpaired) electrons. The molecule has 31 heavy (non-hydrogen) atoms. The van der Waals surface area contributed by atoms with E-state index in [0.717, 1.165) is 33.3 Å². The van der Waals surface area contributed by atoms with E-state index in [1.54, 1.807) is 28.7 Å². The minimum absolute atomic E-state index is 0.131. The molecule has 0 aliphatic heterocycles. The summed E-state index contributed by atoms with van der Waals surface area (Å²) in [6.07, 6.45) is 3.57. The zero-order chi connectivity index (χ0) is 21.5.